The van der Waals surface area contributed by atoms with E-state index in [1.165, 1.54) is 19.3 Å². The molecule has 0 aromatic heterocycles. The second kappa shape index (κ2) is 6.59. The average Bonchev–Trinajstić information content (AvgIpc) is 2.47. The number of hydrogen-bond acceptors (Lipinski definition) is 3. The molecule has 1 atom stereocenters. The largest absolute Gasteiger partial charge is 0.494 e. The lowest BCUT2D eigenvalue weighted by atomic mass is 9.74. The first kappa shape index (κ1) is 15.3. The molecule has 1 aromatic carbocycles. The molecule has 1 aliphatic rings. The predicted octanol–water partition coefficient (Wildman–Crippen LogP) is 3.38. The van der Waals surface area contributed by atoms with Gasteiger partial charge in [-0.1, -0.05) is 31.4 Å². The molecule has 1 N–H and O–H groups in total. The van der Waals surface area contributed by atoms with E-state index in [2.05, 4.69) is 19.0 Å². The van der Waals surface area contributed by atoms with E-state index in [9.17, 15) is 5.11 Å². The van der Waals surface area contributed by atoms with Crippen molar-refractivity contribution < 1.29 is 9.84 Å². The van der Waals surface area contributed by atoms with E-state index < -0.39 is 6.10 Å². The highest BCUT2D eigenvalue weighted by Gasteiger charge is 2.41. The zero-order valence-corrected chi connectivity index (χ0v) is 12.9. The Morgan fingerprint density at radius 2 is 1.95 bits per heavy atom. The maximum absolute atomic E-state index is 11.0. The lowest BCUT2D eigenvalue weighted by Crippen LogP contribution is -2.50. The maximum atomic E-state index is 11.0. The van der Waals surface area contributed by atoms with Crippen molar-refractivity contribution in [2.75, 3.05) is 20.7 Å². The van der Waals surface area contributed by atoms with Crippen LogP contribution in [-0.2, 0) is 0 Å². The fourth-order valence-electron chi connectivity index (χ4n) is 3.38. The van der Waals surface area contributed by atoms with E-state index in [1.807, 2.05) is 31.2 Å². The Morgan fingerprint density at radius 3 is 2.55 bits per heavy atom. The highest BCUT2D eigenvalue weighted by atomic mass is 16.5. The summed E-state index contributed by atoms with van der Waals surface area (Å²) in [4.78, 5) is 2.21. The third kappa shape index (κ3) is 2.99. The number of hydrogen-bond donors (Lipinski definition) is 1. The van der Waals surface area contributed by atoms with E-state index in [4.69, 9.17) is 4.74 Å². The van der Waals surface area contributed by atoms with Gasteiger partial charge in [0.2, 0.25) is 0 Å². The smallest absolute Gasteiger partial charge is 0.119 e. The molecule has 0 saturated heterocycles. The molecule has 1 fully saturated rings. The number of aliphatic hydroxyl groups is 1. The van der Waals surface area contributed by atoms with Crippen molar-refractivity contribution in [2.45, 2.75) is 50.7 Å². The monoisotopic (exact) mass is 277 g/mol. The van der Waals surface area contributed by atoms with Crippen LogP contribution in [0.5, 0.6) is 5.75 Å². The molecule has 0 radical (unpaired) electrons. The number of aliphatic hydroxyl groups excluding tert-OH is 1. The number of nitrogens with zero attached hydrogens (tertiary/aromatic N) is 1. The molecule has 0 amide bonds. The summed E-state index contributed by atoms with van der Waals surface area (Å²) in [7, 11) is 4.17. The fraction of sp³-hybridized carbons (Fsp3) is 0.647. The Morgan fingerprint density at radius 1 is 1.25 bits per heavy atom. The first-order valence-corrected chi connectivity index (χ1v) is 7.68. The van der Waals surface area contributed by atoms with Crippen LogP contribution in [0.15, 0.2) is 24.3 Å². The van der Waals surface area contributed by atoms with E-state index in [0.29, 0.717) is 6.61 Å². The zero-order valence-electron chi connectivity index (χ0n) is 12.9. The maximum Gasteiger partial charge on any atom is 0.119 e. The Labute approximate surface area is 122 Å². The van der Waals surface area contributed by atoms with Gasteiger partial charge in [0.15, 0.2) is 0 Å². The third-order valence-corrected chi connectivity index (χ3v) is 4.60. The molecule has 2 rings (SSSR count). The molecule has 1 saturated carbocycles. The molecule has 1 unspecified atom stereocenters. The van der Waals surface area contributed by atoms with Crippen molar-refractivity contribution >= 4 is 0 Å². The van der Waals surface area contributed by atoms with Gasteiger partial charge in [0.1, 0.15) is 5.75 Å². The average molecular weight is 277 g/mol. The van der Waals surface area contributed by atoms with E-state index in [0.717, 1.165) is 24.2 Å². The molecule has 20 heavy (non-hydrogen) atoms. The minimum Gasteiger partial charge on any atom is -0.494 e. The molecule has 112 valence electrons. The summed E-state index contributed by atoms with van der Waals surface area (Å²) in [5, 5.41) is 11.0. The summed E-state index contributed by atoms with van der Waals surface area (Å²) >= 11 is 0. The van der Waals surface area contributed by atoms with Gasteiger partial charge in [-0.25, -0.2) is 0 Å². The van der Waals surface area contributed by atoms with Crippen LogP contribution in [-0.4, -0.2) is 36.2 Å². The van der Waals surface area contributed by atoms with Crippen LogP contribution in [0.4, 0.5) is 0 Å². The highest BCUT2D eigenvalue weighted by Crippen LogP contribution is 2.42. The fourth-order valence-corrected chi connectivity index (χ4v) is 3.38. The molecule has 0 bridgehead atoms. The SMILES string of the molecule is CCOc1cccc(C(O)C2(N(C)C)CCCCC2)c1. The third-order valence-electron chi connectivity index (χ3n) is 4.60. The van der Waals surface area contributed by atoms with Gasteiger partial charge < -0.3 is 14.7 Å². The lowest BCUT2D eigenvalue weighted by Gasteiger charge is -2.46. The first-order chi connectivity index (χ1) is 9.60. The molecule has 1 aliphatic carbocycles. The molecule has 0 aliphatic heterocycles. The zero-order chi connectivity index (χ0) is 14.6. The second-order valence-corrected chi connectivity index (χ2v) is 5.97. The van der Waals surface area contributed by atoms with Gasteiger partial charge in [-0.3, -0.25) is 0 Å². The van der Waals surface area contributed by atoms with E-state index >= 15 is 0 Å². The summed E-state index contributed by atoms with van der Waals surface area (Å²) in [5.41, 5.74) is 0.829. The van der Waals surface area contributed by atoms with E-state index in [1.54, 1.807) is 0 Å². The molecular weight excluding hydrogens is 250 g/mol. The number of ether oxygens (including phenoxy) is 1. The molecular formula is C17H27NO2. The minimum absolute atomic E-state index is 0.136. The van der Waals surface area contributed by atoms with Crippen molar-refractivity contribution in [3.8, 4) is 5.75 Å². The molecule has 3 nitrogen and oxygen atoms in total. The first-order valence-electron chi connectivity index (χ1n) is 7.68. The molecule has 0 spiro atoms. The highest BCUT2D eigenvalue weighted by molar-refractivity contribution is 5.31. The summed E-state index contributed by atoms with van der Waals surface area (Å²) in [5.74, 6) is 0.841. The quantitative estimate of drug-likeness (QED) is 0.895. The normalized spacial score (nSPS) is 19.9. The standard InChI is InChI=1S/C17H27NO2/c1-4-20-15-10-8-9-14(13-15)16(19)17(18(2)3)11-6-5-7-12-17/h8-10,13,16,19H,4-7,11-12H2,1-3H3. The van der Waals surface area contributed by atoms with Crippen LogP contribution < -0.4 is 4.74 Å². The molecule has 0 heterocycles. The van der Waals surface area contributed by atoms with Crippen molar-refractivity contribution in [1.82, 2.24) is 4.90 Å². The van der Waals surface area contributed by atoms with Crippen LogP contribution in [0.1, 0.15) is 50.7 Å². The summed E-state index contributed by atoms with van der Waals surface area (Å²) in [6.07, 6.45) is 5.32. The van der Waals surface area contributed by atoms with Crippen molar-refractivity contribution in [2.24, 2.45) is 0 Å². The second-order valence-electron chi connectivity index (χ2n) is 5.97. The van der Waals surface area contributed by atoms with Gasteiger partial charge in [0, 0.05) is 0 Å². The minimum atomic E-state index is -0.460. The van der Waals surface area contributed by atoms with Crippen LogP contribution in [0.3, 0.4) is 0 Å². The molecule has 1 aromatic rings. The van der Waals surface area contributed by atoms with Gasteiger partial charge >= 0.3 is 0 Å². The van der Waals surface area contributed by atoms with E-state index in [-0.39, 0.29) is 5.54 Å². The predicted molar refractivity (Wildman–Crippen MR) is 82.1 cm³/mol. The van der Waals surface area contributed by atoms with Crippen molar-refractivity contribution in [3.63, 3.8) is 0 Å². The Balaban J connectivity index is 2.27. The number of likely N-dealkylation sites (N-methyl/N-ethyl adjacent to an activating group) is 1. The van der Waals surface area contributed by atoms with Gasteiger partial charge in [-0.15, -0.1) is 0 Å². The lowest BCUT2D eigenvalue weighted by molar-refractivity contribution is -0.0336. The van der Waals surface area contributed by atoms with Crippen LogP contribution >= 0.6 is 0 Å². The number of rotatable bonds is 5. The van der Waals surface area contributed by atoms with Crippen LogP contribution in [0, 0.1) is 0 Å². The Hall–Kier alpha value is -1.06. The van der Waals surface area contributed by atoms with Gasteiger partial charge in [0.25, 0.3) is 0 Å². The van der Waals surface area contributed by atoms with Gasteiger partial charge in [-0.05, 0) is 51.6 Å². The molecule has 3 heteroatoms. The van der Waals surface area contributed by atoms with Crippen molar-refractivity contribution in [1.29, 1.82) is 0 Å². The van der Waals surface area contributed by atoms with Gasteiger partial charge in [-0.2, -0.15) is 0 Å². The summed E-state index contributed by atoms with van der Waals surface area (Å²) < 4.78 is 5.55. The number of benzene rings is 1. The summed E-state index contributed by atoms with van der Waals surface area (Å²) in [6, 6.07) is 7.90. The van der Waals surface area contributed by atoms with Crippen LogP contribution in [0.25, 0.3) is 0 Å². The summed E-state index contributed by atoms with van der Waals surface area (Å²) in [6.45, 7) is 2.63. The van der Waals surface area contributed by atoms with Crippen LogP contribution in [0.2, 0.25) is 0 Å². The van der Waals surface area contributed by atoms with Gasteiger partial charge in [0.05, 0.1) is 18.2 Å². The Bertz CT molecular complexity index is 425. The topological polar surface area (TPSA) is 32.7 Å². The van der Waals surface area contributed by atoms with Crippen molar-refractivity contribution in [3.05, 3.63) is 29.8 Å². The Kier molecular flexibility index (Phi) is 5.06.